The molecule has 0 aromatic carbocycles. The molecule has 15 heavy (non-hydrogen) atoms. The monoisotopic (exact) mass is 208 g/mol. The zero-order chi connectivity index (χ0) is 11.6. The average molecular weight is 208 g/mol. The molecule has 0 rings (SSSR count). The summed E-state index contributed by atoms with van der Waals surface area (Å²) in [7, 11) is 0. The van der Waals surface area contributed by atoms with E-state index < -0.39 is 0 Å². The van der Waals surface area contributed by atoms with Crippen molar-refractivity contribution < 1.29 is 4.79 Å². The summed E-state index contributed by atoms with van der Waals surface area (Å²) >= 11 is 0. The van der Waals surface area contributed by atoms with Crippen LogP contribution in [0.25, 0.3) is 0 Å². The number of hydrogen-bond donors (Lipinski definition) is 0. The third kappa shape index (κ3) is 9.45. The Labute approximate surface area is 94.3 Å². The van der Waals surface area contributed by atoms with Gasteiger partial charge in [-0.3, -0.25) is 0 Å². The summed E-state index contributed by atoms with van der Waals surface area (Å²) in [6, 6.07) is 0. The van der Waals surface area contributed by atoms with E-state index in [0.29, 0.717) is 0 Å². The summed E-state index contributed by atoms with van der Waals surface area (Å²) in [6.45, 7) is 6.05. The van der Waals surface area contributed by atoms with E-state index in [0.717, 1.165) is 12.7 Å². The van der Waals surface area contributed by atoms with Crippen molar-refractivity contribution in [1.82, 2.24) is 0 Å². The van der Waals surface area contributed by atoms with Crippen LogP contribution in [0, 0.1) is 5.41 Å². The van der Waals surface area contributed by atoms with Gasteiger partial charge in [0.1, 0.15) is 6.29 Å². The van der Waals surface area contributed by atoms with Gasteiger partial charge in [-0.25, -0.2) is 0 Å². The number of aldehydes is 1. The van der Waals surface area contributed by atoms with Crippen LogP contribution in [0.5, 0.6) is 0 Å². The fourth-order valence-corrected chi connectivity index (χ4v) is 1.22. The lowest BCUT2D eigenvalue weighted by atomic mass is 9.95. The van der Waals surface area contributed by atoms with Gasteiger partial charge < -0.3 is 4.79 Å². The fraction of sp³-hybridized carbons (Fsp3) is 0.643. The van der Waals surface area contributed by atoms with Crippen molar-refractivity contribution in [3.63, 3.8) is 0 Å². The Morgan fingerprint density at radius 2 is 1.80 bits per heavy atom. The number of carbonyl (C=O) groups excluding carboxylic acids is 1. The van der Waals surface area contributed by atoms with Crippen molar-refractivity contribution in [1.29, 1.82) is 0 Å². The standard InChI is InChI=1S/C14H24O/c1-4-5-6-7-8-9-10-11-12-14(2,3)13-15/h8-9,11-13H,4-7,10H2,1-3H3/b9-8-,12-11-. The Hall–Kier alpha value is -0.850. The van der Waals surface area contributed by atoms with Crippen LogP contribution in [0.1, 0.15) is 52.9 Å². The summed E-state index contributed by atoms with van der Waals surface area (Å²) in [6.07, 6.45) is 15.4. The van der Waals surface area contributed by atoms with E-state index >= 15 is 0 Å². The Bertz CT molecular complexity index is 211. The van der Waals surface area contributed by atoms with E-state index in [1.807, 2.05) is 19.9 Å². The van der Waals surface area contributed by atoms with Gasteiger partial charge in [-0.2, -0.15) is 0 Å². The summed E-state index contributed by atoms with van der Waals surface area (Å²) in [4.78, 5) is 10.6. The molecule has 0 radical (unpaired) electrons. The number of carbonyl (C=O) groups is 1. The van der Waals surface area contributed by atoms with Crippen molar-refractivity contribution >= 4 is 6.29 Å². The largest absolute Gasteiger partial charge is 0.302 e. The molecule has 0 N–H and O–H groups in total. The highest BCUT2D eigenvalue weighted by atomic mass is 16.1. The van der Waals surface area contributed by atoms with E-state index in [1.54, 1.807) is 0 Å². The second-order valence-electron chi connectivity index (χ2n) is 4.54. The van der Waals surface area contributed by atoms with E-state index in [4.69, 9.17) is 0 Å². The smallest absolute Gasteiger partial charge is 0.129 e. The number of hydrogen-bond acceptors (Lipinski definition) is 1. The minimum atomic E-state index is -0.309. The molecular formula is C14H24O. The first-order valence-electron chi connectivity index (χ1n) is 5.91. The predicted octanol–water partition coefficient (Wildman–Crippen LogP) is 4.29. The molecule has 0 aliphatic heterocycles. The Balaban J connectivity index is 3.56. The quantitative estimate of drug-likeness (QED) is 0.330. The summed E-state index contributed by atoms with van der Waals surface area (Å²) in [5, 5.41) is 0. The molecular weight excluding hydrogens is 184 g/mol. The molecule has 0 aromatic rings. The molecule has 0 saturated carbocycles. The number of rotatable bonds is 8. The minimum Gasteiger partial charge on any atom is -0.302 e. The first kappa shape index (κ1) is 14.2. The maximum absolute atomic E-state index is 10.6. The van der Waals surface area contributed by atoms with Crippen molar-refractivity contribution in [2.45, 2.75) is 52.9 Å². The van der Waals surface area contributed by atoms with Gasteiger partial charge >= 0.3 is 0 Å². The van der Waals surface area contributed by atoms with Gasteiger partial charge in [-0.1, -0.05) is 44.1 Å². The molecule has 0 bridgehead atoms. The topological polar surface area (TPSA) is 17.1 Å². The summed E-state index contributed by atoms with van der Waals surface area (Å²) in [5.74, 6) is 0. The van der Waals surface area contributed by atoms with Crippen molar-refractivity contribution in [2.75, 3.05) is 0 Å². The van der Waals surface area contributed by atoms with Crippen molar-refractivity contribution in [3.05, 3.63) is 24.3 Å². The Kier molecular flexibility index (Phi) is 7.98. The molecule has 1 nitrogen and oxygen atoms in total. The second-order valence-corrected chi connectivity index (χ2v) is 4.54. The third-order valence-electron chi connectivity index (χ3n) is 2.26. The molecule has 0 atom stereocenters. The van der Waals surface area contributed by atoms with Crippen LogP contribution in [-0.4, -0.2) is 6.29 Å². The zero-order valence-electron chi connectivity index (χ0n) is 10.3. The van der Waals surface area contributed by atoms with E-state index in [-0.39, 0.29) is 5.41 Å². The van der Waals surface area contributed by atoms with Gasteiger partial charge in [0.2, 0.25) is 0 Å². The third-order valence-corrected chi connectivity index (χ3v) is 2.26. The lowest BCUT2D eigenvalue weighted by Gasteiger charge is -2.08. The van der Waals surface area contributed by atoms with E-state index in [1.165, 1.54) is 25.7 Å². The van der Waals surface area contributed by atoms with Crippen LogP contribution in [-0.2, 0) is 4.79 Å². The van der Waals surface area contributed by atoms with Gasteiger partial charge in [0, 0.05) is 5.41 Å². The van der Waals surface area contributed by atoms with E-state index in [9.17, 15) is 4.79 Å². The van der Waals surface area contributed by atoms with Crippen LogP contribution < -0.4 is 0 Å². The number of allylic oxidation sites excluding steroid dienone is 4. The zero-order valence-corrected chi connectivity index (χ0v) is 10.3. The lowest BCUT2D eigenvalue weighted by Crippen LogP contribution is -2.07. The molecule has 0 saturated heterocycles. The Morgan fingerprint density at radius 3 is 2.40 bits per heavy atom. The normalized spacial score (nSPS) is 12.7. The molecule has 86 valence electrons. The molecule has 0 heterocycles. The second kappa shape index (κ2) is 8.46. The maximum atomic E-state index is 10.6. The van der Waals surface area contributed by atoms with Crippen LogP contribution in [0.3, 0.4) is 0 Å². The molecule has 0 amide bonds. The average Bonchev–Trinajstić information content (AvgIpc) is 2.22. The highest BCUT2D eigenvalue weighted by Gasteiger charge is 2.09. The SMILES string of the molecule is CCCCC/C=C\C/C=C\C(C)(C)C=O. The molecule has 0 unspecified atom stereocenters. The first-order valence-corrected chi connectivity index (χ1v) is 5.91. The molecule has 0 aliphatic rings. The summed E-state index contributed by atoms with van der Waals surface area (Å²) in [5.41, 5.74) is -0.309. The van der Waals surface area contributed by atoms with Gasteiger partial charge in [0.15, 0.2) is 0 Å². The first-order chi connectivity index (χ1) is 7.12. The van der Waals surface area contributed by atoms with Gasteiger partial charge in [0.05, 0.1) is 0 Å². The Morgan fingerprint density at radius 1 is 1.07 bits per heavy atom. The van der Waals surface area contributed by atoms with Gasteiger partial charge in [-0.15, -0.1) is 0 Å². The molecule has 1 heteroatoms. The highest BCUT2D eigenvalue weighted by Crippen LogP contribution is 2.12. The molecule has 0 aliphatic carbocycles. The van der Waals surface area contributed by atoms with Crippen LogP contribution in [0.2, 0.25) is 0 Å². The van der Waals surface area contributed by atoms with Crippen LogP contribution in [0.15, 0.2) is 24.3 Å². The van der Waals surface area contributed by atoms with Crippen LogP contribution in [0.4, 0.5) is 0 Å². The predicted molar refractivity (Wildman–Crippen MR) is 66.9 cm³/mol. The highest BCUT2D eigenvalue weighted by molar-refractivity contribution is 5.61. The molecule has 0 fully saturated rings. The maximum Gasteiger partial charge on any atom is 0.129 e. The molecule has 0 aromatic heterocycles. The van der Waals surface area contributed by atoms with Gasteiger partial charge in [-0.05, 0) is 33.1 Å². The number of unbranched alkanes of at least 4 members (excludes halogenated alkanes) is 3. The lowest BCUT2D eigenvalue weighted by molar-refractivity contribution is -0.112. The summed E-state index contributed by atoms with van der Waals surface area (Å²) < 4.78 is 0. The van der Waals surface area contributed by atoms with E-state index in [2.05, 4.69) is 25.2 Å². The molecule has 0 spiro atoms. The van der Waals surface area contributed by atoms with Crippen molar-refractivity contribution in [2.24, 2.45) is 5.41 Å². The van der Waals surface area contributed by atoms with Crippen LogP contribution >= 0.6 is 0 Å². The fourth-order valence-electron chi connectivity index (χ4n) is 1.22. The van der Waals surface area contributed by atoms with Gasteiger partial charge in [0.25, 0.3) is 0 Å². The minimum absolute atomic E-state index is 0.309. The van der Waals surface area contributed by atoms with Crippen molar-refractivity contribution in [3.8, 4) is 0 Å².